The number of nitrogens with zero attached hydrogens (tertiary/aromatic N) is 2. The number of amides is 1. The lowest BCUT2D eigenvalue weighted by Crippen LogP contribution is -2.31. The first kappa shape index (κ1) is 14.9. The summed E-state index contributed by atoms with van der Waals surface area (Å²) in [6.45, 7) is 6.15. The largest absolute Gasteiger partial charge is 0.348 e. The van der Waals surface area contributed by atoms with Crippen molar-refractivity contribution in [2.75, 3.05) is 0 Å². The van der Waals surface area contributed by atoms with Gasteiger partial charge in [0, 0.05) is 30.6 Å². The van der Waals surface area contributed by atoms with E-state index in [0.717, 1.165) is 5.56 Å². The van der Waals surface area contributed by atoms with Crippen LogP contribution < -0.4 is 10.9 Å². The first-order chi connectivity index (χ1) is 9.88. The molecule has 0 aliphatic rings. The highest BCUT2D eigenvalue weighted by molar-refractivity contribution is 5.93. The molecule has 0 unspecified atom stereocenters. The molecule has 21 heavy (non-hydrogen) atoms. The zero-order chi connectivity index (χ0) is 15.5. The molecule has 1 amide bonds. The molecule has 2 N–H and O–H groups in total. The molecule has 110 valence electrons. The summed E-state index contributed by atoms with van der Waals surface area (Å²) in [4.78, 5) is 34.7. The summed E-state index contributed by atoms with van der Waals surface area (Å²) in [5.74, 6) is 0.110. The van der Waals surface area contributed by atoms with E-state index in [9.17, 15) is 9.59 Å². The predicted octanol–water partition coefficient (Wildman–Crippen LogP) is 1.39. The Hall–Kier alpha value is -2.50. The van der Waals surface area contributed by atoms with Gasteiger partial charge in [-0.3, -0.25) is 14.6 Å². The fourth-order valence-electron chi connectivity index (χ4n) is 1.72. The van der Waals surface area contributed by atoms with Gasteiger partial charge in [0.05, 0.1) is 0 Å². The van der Waals surface area contributed by atoms with Crippen molar-refractivity contribution in [2.45, 2.75) is 32.7 Å². The van der Waals surface area contributed by atoms with Crippen molar-refractivity contribution < 1.29 is 4.79 Å². The highest BCUT2D eigenvalue weighted by Crippen LogP contribution is 2.15. The van der Waals surface area contributed by atoms with Gasteiger partial charge in [-0.15, -0.1) is 0 Å². The van der Waals surface area contributed by atoms with E-state index in [0.29, 0.717) is 12.4 Å². The van der Waals surface area contributed by atoms with Crippen LogP contribution in [-0.2, 0) is 12.0 Å². The molecule has 2 heterocycles. The Balaban J connectivity index is 2.11. The van der Waals surface area contributed by atoms with Crippen LogP contribution in [0.15, 0.2) is 35.5 Å². The lowest BCUT2D eigenvalue weighted by molar-refractivity contribution is 0.0948. The number of hydrogen-bond acceptors (Lipinski definition) is 4. The molecule has 0 atom stereocenters. The van der Waals surface area contributed by atoms with Crippen LogP contribution in [-0.4, -0.2) is 20.9 Å². The van der Waals surface area contributed by atoms with Gasteiger partial charge < -0.3 is 10.3 Å². The third-order valence-corrected chi connectivity index (χ3v) is 2.96. The average Bonchev–Trinajstić information content (AvgIpc) is 2.45. The van der Waals surface area contributed by atoms with Gasteiger partial charge in [0.25, 0.3) is 11.5 Å². The number of rotatable bonds is 3. The lowest BCUT2D eigenvalue weighted by atomic mass is 9.96. The molecule has 0 saturated carbocycles. The van der Waals surface area contributed by atoms with Crippen LogP contribution in [0.5, 0.6) is 0 Å². The minimum absolute atomic E-state index is 0.0112. The van der Waals surface area contributed by atoms with Crippen LogP contribution >= 0.6 is 0 Å². The van der Waals surface area contributed by atoms with Crippen molar-refractivity contribution in [2.24, 2.45) is 0 Å². The molecule has 0 radical (unpaired) electrons. The molecule has 0 aromatic carbocycles. The summed E-state index contributed by atoms with van der Waals surface area (Å²) in [7, 11) is 0. The maximum Gasteiger partial charge on any atom is 0.263 e. The van der Waals surface area contributed by atoms with Gasteiger partial charge in [-0.2, -0.15) is 0 Å². The fourth-order valence-corrected chi connectivity index (χ4v) is 1.72. The van der Waals surface area contributed by atoms with Crippen LogP contribution in [0.1, 0.15) is 42.5 Å². The van der Waals surface area contributed by atoms with Crippen molar-refractivity contribution in [1.29, 1.82) is 0 Å². The molecular weight excluding hydrogens is 268 g/mol. The van der Waals surface area contributed by atoms with E-state index in [4.69, 9.17) is 0 Å². The molecule has 0 aliphatic heterocycles. The maximum atomic E-state index is 12.0. The number of carbonyl (C=O) groups excluding carboxylic acids is 1. The second-order valence-electron chi connectivity index (χ2n) is 5.76. The molecule has 0 bridgehead atoms. The van der Waals surface area contributed by atoms with Crippen molar-refractivity contribution in [3.05, 3.63) is 58.0 Å². The molecule has 0 aliphatic carbocycles. The predicted molar refractivity (Wildman–Crippen MR) is 79.0 cm³/mol. The van der Waals surface area contributed by atoms with E-state index in [1.54, 1.807) is 24.5 Å². The van der Waals surface area contributed by atoms with Crippen LogP contribution in [0.3, 0.4) is 0 Å². The zero-order valence-electron chi connectivity index (χ0n) is 12.3. The van der Waals surface area contributed by atoms with Crippen molar-refractivity contribution >= 4 is 5.91 Å². The average molecular weight is 286 g/mol. The summed E-state index contributed by atoms with van der Waals surface area (Å²) in [5, 5.41) is 2.69. The topological polar surface area (TPSA) is 87.7 Å². The monoisotopic (exact) mass is 286 g/mol. The maximum absolute atomic E-state index is 12.0. The second kappa shape index (κ2) is 5.87. The van der Waals surface area contributed by atoms with Gasteiger partial charge in [-0.1, -0.05) is 20.8 Å². The lowest BCUT2D eigenvalue weighted by Gasteiger charge is -2.16. The van der Waals surface area contributed by atoms with Crippen molar-refractivity contribution in [3.63, 3.8) is 0 Å². The van der Waals surface area contributed by atoms with Gasteiger partial charge in [-0.25, -0.2) is 4.98 Å². The molecule has 2 aromatic rings. The Bertz CT molecular complexity index is 687. The number of aromatic amines is 1. The molecule has 6 heteroatoms. The number of pyridine rings is 1. The summed E-state index contributed by atoms with van der Waals surface area (Å²) < 4.78 is 0. The van der Waals surface area contributed by atoms with Crippen molar-refractivity contribution in [1.82, 2.24) is 20.3 Å². The Morgan fingerprint density at radius 1 is 1.29 bits per heavy atom. The summed E-state index contributed by atoms with van der Waals surface area (Å²) in [6, 6.07) is 3.59. The Morgan fingerprint density at radius 2 is 1.95 bits per heavy atom. The van der Waals surface area contributed by atoms with Gasteiger partial charge in [0.2, 0.25) is 0 Å². The summed E-state index contributed by atoms with van der Waals surface area (Å²) in [6.07, 6.45) is 4.61. The molecule has 0 fully saturated rings. The van der Waals surface area contributed by atoms with E-state index in [1.165, 1.54) is 6.20 Å². The van der Waals surface area contributed by atoms with Gasteiger partial charge >= 0.3 is 0 Å². The molecule has 0 saturated heterocycles. The number of H-pyrrole nitrogens is 1. The second-order valence-corrected chi connectivity index (χ2v) is 5.76. The standard InChI is InChI=1S/C15H18N4O2/c1-15(2,3)14-18-9-11(13(21)19-14)12(20)17-8-10-4-6-16-7-5-10/h4-7,9H,8H2,1-3H3,(H,17,20)(H,18,19,21). The number of nitrogens with one attached hydrogen (secondary N) is 2. The fraction of sp³-hybridized carbons (Fsp3) is 0.333. The minimum Gasteiger partial charge on any atom is -0.348 e. The number of aromatic nitrogens is 3. The normalized spacial score (nSPS) is 11.2. The quantitative estimate of drug-likeness (QED) is 0.892. The minimum atomic E-state index is -0.443. The first-order valence-electron chi connectivity index (χ1n) is 6.65. The van der Waals surface area contributed by atoms with E-state index in [1.807, 2.05) is 20.8 Å². The third-order valence-electron chi connectivity index (χ3n) is 2.96. The SMILES string of the molecule is CC(C)(C)c1ncc(C(=O)NCc2ccncc2)c(=O)[nH]1. The third kappa shape index (κ3) is 3.75. The highest BCUT2D eigenvalue weighted by Gasteiger charge is 2.19. The Kier molecular flexibility index (Phi) is 4.16. The van der Waals surface area contributed by atoms with E-state index in [2.05, 4.69) is 20.3 Å². The Labute approximate surface area is 122 Å². The van der Waals surface area contributed by atoms with Crippen molar-refractivity contribution in [3.8, 4) is 0 Å². The van der Waals surface area contributed by atoms with Crippen LogP contribution in [0.25, 0.3) is 0 Å². The van der Waals surface area contributed by atoms with Gasteiger partial charge in [-0.05, 0) is 17.7 Å². The number of hydrogen-bond donors (Lipinski definition) is 2. The smallest absolute Gasteiger partial charge is 0.263 e. The first-order valence-corrected chi connectivity index (χ1v) is 6.65. The molecule has 6 nitrogen and oxygen atoms in total. The highest BCUT2D eigenvalue weighted by atomic mass is 16.2. The van der Waals surface area contributed by atoms with E-state index >= 15 is 0 Å². The van der Waals surface area contributed by atoms with Gasteiger partial charge in [0.15, 0.2) is 0 Å². The molecule has 2 aromatic heterocycles. The Morgan fingerprint density at radius 3 is 2.52 bits per heavy atom. The molecule has 0 spiro atoms. The van der Waals surface area contributed by atoms with E-state index in [-0.39, 0.29) is 11.0 Å². The van der Waals surface area contributed by atoms with Crippen LogP contribution in [0.2, 0.25) is 0 Å². The number of carbonyl (C=O) groups is 1. The van der Waals surface area contributed by atoms with Gasteiger partial charge in [0.1, 0.15) is 11.4 Å². The van der Waals surface area contributed by atoms with Crippen LogP contribution in [0.4, 0.5) is 0 Å². The summed E-state index contributed by atoms with van der Waals surface area (Å²) in [5.41, 5.74) is 0.221. The zero-order valence-corrected chi connectivity index (χ0v) is 12.3. The molecular formula is C15H18N4O2. The molecule has 2 rings (SSSR count). The van der Waals surface area contributed by atoms with Crippen LogP contribution in [0, 0.1) is 0 Å². The summed E-state index contributed by atoms with van der Waals surface area (Å²) >= 11 is 0. The van der Waals surface area contributed by atoms with E-state index < -0.39 is 11.5 Å².